The predicted octanol–water partition coefficient (Wildman–Crippen LogP) is 5.62. The van der Waals surface area contributed by atoms with Crippen molar-refractivity contribution in [2.75, 3.05) is 23.7 Å². The van der Waals surface area contributed by atoms with Crippen LogP contribution >= 0.6 is 23.2 Å². The summed E-state index contributed by atoms with van der Waals surface area (Å²) in [4.78, 5) is 29.1. The van der Waals surface area contributed by atoms with Crippen molar-refractivity contribution in [3.05, 3.63) is 99.5 Å². The molecular formula is C30H35Cl2N3O4S. The van der Waals surface area contributed by atoms with E-state index in [0.29, 0.717) is 27.8 Å². The highest BCUT2D eigenvalue weighted by Gasteiger charge is 2.33. The zero-order valence-corrected chi connectivity index (χ0v) is 25.3. The van der Waals surface area contributed by atoms with Gasteiger partial charge in [0.2, 0.25) is 21.8 Å². The van der Waals surface area contributed by atoms with Gasteiger partial charge in [-0.25, -0.2) is 8.42 Å². The summed E-state index contributed by atoms with van der Waals surface area (Å²) >= 11 is 12.6. The lowest BCUT2D eigenvalue weighted by atomic mass is 10.0. The number of carbonyl (C=O) groups is 2. The second-order valence-electron chi connectivity index (χ2n) is 9.71. The van der Waals surface area contributed by atoms with E-state index in [9.17, 15) is 18.0 Å². The van der Waals surface area contributed by atoms with Gasteiger partial charge in [-0.3, -0.25) is 13.9 Å². The molecule has 10 heteroatoms. The molecule has 0 radical (unpaired) electrons. The van der Waals surface area contributed by atoms with Gasteiger partial charge in [-0.15, -0.1) is 0 Å². The number of hydrogen-bond donors (Lipinski definition) is 1. The van der Waals surface area contributed by atoms with Crippen molar-refractivity contribution in [3.8, 4) is 0 Å². The Labute approximate surface area is 247 Å². The molecule has 0 aliphatic carbocycles. The first-order chi connectivity index (χ1) is 19.0. The Morgan fingerprint density at radius 2 is 1.65 bits per heavy atom. The number of nitrogens with one attached hydrogen (secondary N) is 1. The van der Waals surface area contributed by atoms with E-state index in [1.807, 2.05) is 44.2 Å². The molecule has 3 aromatic rings. The van der Waals surface area contributed by atoms with Crippen LogP contribution in [0.3, 0.4) is 0 Å². The lowest BCUT2D eigenvalue weighted by Gasteiger charge is -2.33. The summed E-state index contributed by atoms with van der Waals surface area (Å²) in [5.74, 6) is -0.861. The Hall–Kier alpha value is -3.07. The number of sulfonamides is 1. The fraction of sp³-hybridized carbons (Fsp3) is 0.333. The van der Waals surface area contributed by atoms with Crippen LogP contribution in [0.25, 0.3) is 0 Å². The first kappa shape index (κ1) is 31.5. The highest BCUT2D eigenvalue weighted by molar-refractivity contribution is 7.92. The van der Waals surface area contributed by atoms with Crippen LogP contribution in [0.15, 0.2) is 72.8 Å². The lowest BCUT2D eigenvalue weighted by molar-refractivity contribution is -0.140. The molecule has 40 heavy (non-hydrogen) atoms. The second kappa shape index (κ2) is 14.5. The minimum absolute atomic E-state index is 0.0148. The van der Waals surface area contributed by atoms with Crippen molar-refractivity contribution in [1.82, 2.24) is 10.2 Å². The molecule has 0 saturated heterocycles. The maximum Gasteiger partial charge on any atom is 0.244 e. The van der Waals surface area contributed by atoms with Gasteiger partial charge in [0.1, 0.15) is 12.6 Å². The molecule has 0 heterocycles. The van der Waals surface area contributed by atoms with E-state index in [4.69, 9.17) is 23.2 Å². The van der Waals surface area contributed by atoms with Crippen LogP contribution in [0.1, 0.15) is 36.5 Å². The van der Waals surface area contributed by atoms with Crippen LogP contribution in [-0.2, 0) is 32.6 Å². The van der Waals surface area contributed by atoms with Crippen LogP contribution in [0, 0.1) is 6.92 Å². The molecule has 0 saturated carbocycles. The monoisotopic (exact) mass is 603 g/mol. The second-order valence-corrected chi connectivity index (χ2v) is 12.5. The molecular weight excluding hydrogens is 569 g/mol. The minimum atomic E-state index is -3.83. The molecule has 3 aromatic carbocycles. The molecule has 3 rings (SSSR count). The van der Waals surface area contributed by atoms with Crippen molar-refractivity contribution in [2.45, 2.75) is 45.7 Å². The van der Waals surface area contributed by atoms with Crippen LogP contribution in [-0.4, -0.2) is 50.5 Å². The number of amides is 2. The van der Waals surface area contributed by atoms with E-state index in [0.717, 1.165) is 34.5 Å². The van der Waals surface area contributed by atoms with Crippen LogP contribution in [0.4, 0.5) is 5.69 Å². The van der Waals surface area contributed by atoms with Crippen molar-refractivity contribution in [2.24, 2.45) is 0 Å². The summed E-state index contributed by atoms with van der Waals surface area (Å²) in [7, 11) is -3.83. The molecule has 1 N–H and O–H groups in total. The SMILES string of the molecule is CCCCNC(=O)C(Cc1ccccc1)N(Cc1ccc(Cl)cc1Cl)C(=O)CN(c1ccc(C)cc1)S(C)(=O)=O. The van der Waals surface area contributed by atoms with E-state index in [2.05, 4.69) is 5.32 Å². The lowest BCUT2D eigenvalue weighted by Crippen LogP contribution is -2.53. The Morgan fingerprint density at radius 1 is 0.975 bits per heavy atom. The van der Waals surface area contributed by atoms with Crippen molar-refractivity contribution in [1.29, 1.82) is 0 Å². The molecule has 2 amide bonds. The van der Waals surface area contributed by atoms with Gasteiger partial charge in [0, 0.05) is 29.6 Å². The van der Waals surface area contributed by atoms with E-state index < -0.39 is 28.5 Å². The summed E-state index contributed by atoms with van der Waals surface area (Å²) < 4.78 is 26.7. The summed E-state index contributed by atoms with van der Waals surface area (Å²) in [6, 6.07) is 20.3. The van der Waals surface area contributed by atoms with E-state index in [1.54, 1.807) is 42.5 Å². The molecule has 0 bridgehead atoms. The van der Waals surface area contributed by atoms with Crippen molar-refractivity contribution in [3.63, 3.8) is 0 Å². The smallest absolute Gasteiger partial charge is 0.244 e. The molecule has 0 aliphatic rings. The molecule has 0 fully saturated rings. The van der Waals surface area contributed by atoms with E-state index >= 15 is 0 Å². The number of unbranched alkanes of at least 4 members (excludes halogenated alkanes) is 1. The van der Waals surface area contributed by atoms with Gasteiger partial charge >= 0.3 is 0 Å². The van der Waals surface area contributed by atoms with Gasteiger partial charge in [0.25, 0.3) is 0 Å². The van der Waals surface area contributed by atoms with Crippen molar-refractivity contribution < 1.29 is 18.0 Å². The van der Waals surface area contributed by atoms with E-state index in [-0.39, 0.29) is 18.9 Å². The fourth-order valence-electron chi connectivity index (χ4n) is 4.22. The zero-order chi connectivity index (χ0) is 29.3. The molecule has 1 atom stereocenters. The molecule has 214 valence electrons. The molecule has 7 nitrogen and oxygen atoms in total. The molecule has 0 aromatic heterocycles. The average Bonchev–Trinajstić information content (AvgIpc) is 2.91. The number of aryl methyl sites for hydroxylation is 1. The number of hydrogen-bond acceptors (Lipinski definition) is 4. The third kappa shape index (κ3) is 8.98. The highest BCUT2D eigenvalue weighted by atomic mass is 35.5. The minimum Gasteiger partial charge on any atom is -0.354 e. The molecule has 0 aliphatic heterocycles. The first-order valence-corrected chi connectivity index (χ1v) is 15.7. The average molecular weight is 605 g/mol. The quantitative estimate of drug-likeness (QED) is 0.257. The summed E-state index contributed by atoms with van der Waals surface area (Å²) in [6.07, 6.45) is 2.97. The van der Waals surface area contributed by atoms with E-state index in [1.165, 1.54) is 4.90 Å². The first-order valence-electron chi connectivity index (χ1n) is 13.1. The highest BCUT2D eigenvalue weighted by Crippen LogP contribution is 2.25. The topological polar surface area (TPSA) is 86.8 Å². The summed E-state index contributed by atoms with van der Waals surface area (Å²) in [5, 5.41) is 3.73. The van der Waals surface area contributed by atoms with Crippen LogP contribution < -0.4 is 9.62 Å². The number of nitrogens with zero attached hydrogens (tertiary/aromatic N) is 2. The Bertz CT molecular complexity index is 1400. The van der Waals surface area contributed by atoms with Crippen LogP contribution in [0.2, 0.25) is 10.0 Å². The Balaban J connectivity index is 2.05. The van der Waals surface area contributed by atoms with Gasteiger partial charge < -0.3 is 10.2 Å². The van der Waals surface area contributed by atoms with Gasteiger partial charge in [-0.1, -0.05) is 90.6 Å². The van der Waals surface area contributed by atoms with Gasteiger partial charge in [0.15, 0.2) is 0 Å². The van der Waals surface area contributed by atoms with Gasteiger partial charge in [0.05, 0.1) is 11.9 Å². The fourth-order valence-corrected chi connectivity index (χ4v) is 5.54. The van der Waals surface area contributed by atoms with Crippen molar-refractivity contribution >= 4 is 50.7 Å². The molecule has 1 unspecified atom stereocenters. The standard InChI is InChI=1S/C30H35Cl2N3O4S/c1-4-5-17-33-30(37)28(18-23-9-7-6-8-10-23)34(20-24-13-14-25(31)19-27(24)32)29(36)21-35(40(3,38)39)26-15-11-22(2)12-16-26/h6-16,19,28H,4-5,17-18,20-21H2,1-3H3,(H,33,37). The number of benzene rings is 3. The maximum atomic E-state index is 14.1. The van der Waals surface area contributed by atoms with Gasteiger partial charge in [-0.2, -0.15) is 0 Å². The van der Waals surface area contributed by atoms with Crippen LogP contribution in [0.5, 0.6) is 0 Å². The third-order valence-corrected chi connectivity index (χ3v) is 8.19. The van der Waals surface area contributed by atoms with Gasteiger partial charge in [-0.05, 0) is 48.7 Å². The Morgan fingerprint density at radius 3 is 2.25 bits per heavy atom. The number of carbonyl (C=O) groups excluding carboxylic acids is 2. The Kier molecular flexibility index (Phi) is 11.4. The zero-order valence-electron chi connectivity index (χ0n) is 22.9. The predicted molar refractivity (Wildman–Crippen MR) is 162 cm³/mol. The maximum absolute atomic E-state index is 14.1. The number of anilines is 1. The largest absolute Gasteiger partial charge is 0.354 e. The summed E-state index contributed by atoms with van der Waals surface area (Å²) in [6.45, 7) is 3.88. The number of rotatable bonds is 13. The summed E-state index contributed by atoms with van der Waals surface area (Å²) in [5.41, 5.74) is 2.75. The third-order valence-electron chi connectivity index (χ3n) is 6.46. The molecule has 0 spiro atoms. The number of halogens is 2. The normalized spacial score (nSPS) is 12.0.